The van der Waals surface area contributed by atoms with E-state index in [9.17, 15) is 9.00 Å². The summed E-state index contributed by atoms with van der Waals surface area (Å²) in [7, 11) is -1.21. The van der Waals surface area contributed by atoms with Crippen molar-refractivity contribution >= 4 is 16.8 Å². The van der Waals surface area contributed by atoms with Crippen LogP contribution in [0.15, 0.2) is 53.4 Å². The van der Waals surface area contributed by atoms with Gasteiger partial charge >= 0.3 is 5.97 Å². The lowest BCUT2D eigenvalue weighted by Crippen LogP contribution is -2.14. The van der Waals surface area contributed by atoms with Crippen molar-refractivity contribution in [3.63, 3.8) is 0 Å². The summed E-state index contributed by atoms with van der Waals surface area (Å²) in [5.41, 5.74) is 0.338. The van der Waals surface area contributed by atoms with Crippen molar-refractivity contribution in [1.82, 2.24) is 0 Å². The summed E-state index contributed by atoms with van der Waals surface area (Å²) in [6, 6.07) is 14.1. The molecule has 0 aliphatic rings. The SMILES string of the molecule is CCCOc1ccc(OCCOC(=O)c2ccccc2S(=O)CC)cc1. The van der Waals surface area contributed by atoms with Crippen LogP contribution in [0.3, 0.4) is 0 Å². The lowest BCUT2D eigenvalue weighted by molar-refractivity contribution is 0.0446. The molecule has 5 nitrogen and oxygen atoms in total. The molecule has 2 rings (SSSR count). The van der Waals surface area contributed by atoms with Crippen molar-refractivity contribution in [3.8, 4) is 11.5 Å². The molecule has 0 aliphatic carbocycles. The van der Waals surface area contributed by atoms with Crippen LogP contribution in [0.2, 0.25) is 0 Å². The molecule has 0 fully saturated rings. The summed E-state index contributed by atoms with van der Waals surface area (Å²) < 4.78 is 28.3. The Hall–Kier alpha value is -2.34. The molecular weight excluding hydrogens is 352 g/mol. The second-order valence-electron chi connectivity index (χ2n) is 5.43. The molecule has 0 saturated heterocycles. The third-order valence-corrected chi connectivity index (χ3v) is 4.87. The van der Waals surface area contributed by atoms with Gasteiger partial charge in [-0.25, -0.2) is 4.79 Å². The number of rotatable bonds is 10. The Labute approximate surface area is 156 Å². The highest BCUT2D eigenvalue weighted by molar-refractivity contribution is 7.85. The number of carbonyl (C=O) groups is 1. The second kappa shape index (κ2) is 10.6. The molecule has 0 saturated carbocycles. The minimum atomic E-state index is -1.21. The van der Waals surface area contributed by atoms with Crippen LogP contribution < -0.4 is 9.47 Å². The van der Waals surface area contributed by atoms with Gasteiger partial charge in [0, 0.05) is 5.75 Å². The molecule has 140 valence electrons. The molecule has 26 heavy (non-hydrogen) atoms. The molecule has 0 heterocycles. The quantitative estimate of drug-likeness (QED) is 0.466. The van der Waals surface area contributed by atoms with Gasteiger partial charge < -0.3 is 14.2 Å². The summed E-state index contributed by atoms with van der Waals surface area (Å²) in [6.07, 6.45) is 0.957. The fourth-order valence-electron chi connectivity index (χ4n) is 2.21. The van der Waals surface area contributed by atoms with E-state index >= 15 is 0 Å². The minimum absolute atomic E-state index is 0.111. The Kier molecular flexibility index (Phi) is 8.15. The van der Waals surface area contributed by atoms with E-state index in [2.05, 4.69) is 6.92 Å². The average molecular weight is 376 g/mol. The topological polar surface area (TPSA) is 61.8 Å². The Balaban J connectivity index is 1.81. The van der Waals surface area contributed by atoms with Gasteiger partial charge in [0.15, 0.2) is 0 Å². The zero-order chi connectivity index (χ0) is 18.8. The van der Waals surface area contributed by atoms with Gasteiger partial charge in [-0.05, 0) is 42.8 Å². The summed E-state index contributed by atoms with van der Waals surface area (Å²) in [4.78, 5) is 12.7. The van der Waals surface area contributed by atoms with E-state index < -0.39 is 16.8 Å². The number of ether oxygens (including phenoxy) is 3. The molecule has 2 aromatic carbocycles. The monoisotopic (exact) mass is 376 g/mol. The predicted octanol–water partition coefficient (Wildman–Crippen LogP) is 3.84. The smallest absolute Gasteiger partial charge is 0.339 e. The van der Waals surface area contributed by atoms with Gasteiger partial charge in [-0.15, -0.1) is 0 Å². The van der Waals surface area contributed by atoms with E-state index in [1.807, 2.05) is 31.2 Å². The maximum atomic E-state index is 12.2. The number of carbonyl (C=O) groups excluding carboxylic acids is 1. The number of benzene rings is 2. The summed E-state index contributed by atoms with van der Waals surface area (Å²) in [6.45, 7) is 4.89. The van der Waals surface area contributed by atoms with Crippen LogP contribution in [0.1, 0.15) is 30.6 Å². The fraction of sp³-hybridized carbons (Fsp3) is 0.350. The molecule has 2 aromatic rings. The Bertz CT molecular complexity index is 727. The van der Waals surface area contributed by atoms with Crippen LogP contribution in [0.25, 0.3) is 0 Å². The number of esters is 1. The van der Waals surface area contributed by atoms with Crippen LogP contribution in [-0.4, -0.2) is 35.8 Å². The van der Waals surface area contributed by atoms with Crippen molar-refractivity contribution < 1.29 is 23.2 Å². The lowest BCUT2D eigenvalue weighted by Gasteiger charge is -2.10. The van der Waals surface area contributed by atoms with Crippen LogP contribution in [0, 0.1) is 0 Å². The largest absolute Gasteiger partial charge is 0.494 e. The van der Waals surface area contributed by atoms with Gasteiger partial charge in [-0.1, -0.05) is 26.0 Å². The minimum Gasteiger partial charge on any atom is -0.494 e. The highest BCUT2D eigenvalue weighted by atomic mass is 32.2. The van der Waals surface area contributed by atoms with Crippen LogP contribution >= 0.6 is 0 Å². The molecule has 0 radical (unpaired) electrons. The zero-order valence-electron chi connectivity index (χ0n) is 15.1. The third-order valence-electron chi connectivity index (χ3n) is 3.50. The summed E-state index contributed by atoms with van der Waals surface area (Å²) in [5, 5.41) is 0. The third kappa shape index (κ3) is 5.88. The van der Waals surface area contributed by atoms with Crippen molar-refractivity contribution in [2.24, 2.45) is 0 Å². The van der Waals surface area contributed by atoms with E-state index in [1.54, 1.807) is 24.3 Å². The molecule has 0 aliphatic heterocycles. The van der Waals surface area contributed by atoms with E-state index in [-0.39, 0.29) is 13.2 Å². The average Bonchev–Trinajstić information content (AvgIpc) is 2.69. The first-order valence-electron chi connectivity index (χ1n) is 8.65. The Morgan fingerprint density at radius 2 is 1.50 bits per heavy atom. The summed E-state index contributed by atoms with van der Waals surface area (Å²) >= 11 is 0. The Morgan fingerprint density at radius 3 is 2.12 bits per heavy atom. The highest BCUT2D eigenvalue weighted by Crippen LogP contribution is 2.18. The first kappa shape index (κ1) is 20.0. The molecule has 0 amide bonds. The maximum Gasteiger partial charge on any atom is 0.339 e. The second-order valence-corrected chi connectivity index (χ2v) is 7.14. The van der Waals surface area contributed by atoms with Gasteiger partial charge in [0.1, 0.15) is 24.7 Å². The number of hydrogen-bond acceptors (Lipinski definition) is 5. The van der Waals surface area contributed by atoms with E-state index in [1.165, 1.54) is 0 Å². The van der Waals surface area contributed by atoms with Gasteiger partial charge in [0.25, 0.3) is 0 Å². The molecule has 0 N–H and O–H groups in total. The molecule has 1 atom stereocenters. The zero-order valence-corrected chi connectivity index (χ0v) is 15.9. The highest BCUT2D eigenvalue weighted by Gasteiger charge is 2.15. The van der Waals surface area contributed by atoms with Crippen molar-refractivity contribution in [1.29, 1.82) is 0 Å². The maximum absolute atomic E-state index is 12.2. The number of hydrogen-bond donors (Lipinski definition) is 0. The van der Waals surface area contributed by atoms with E-state index in [0.717, 1.165) is 12.2 Å². The Morgan fingerprint density at radius 1 is 0.885 bits per heavy atom. The van der Waals surface area contributed by atoms with Gasteiger partial charge in [0.05, 0.1) is 27.9 Å². The van der Waals surface area contributed by atoms with Crippen molar-refractivity contribution in [3.05, 3.63) is 54.1 Å². The van der Waals surface area contributed by atoms with E-state index in [4.69, 9.17) is 14.2 Å². The standard InChI is InChI=1S/C20H24O5S/c1-3-13-23-16-9-11-17(12-10-16)24-14-15-25-20(21)18-7-5-6-8-19(18)26(22)4-2/h5-12H,3-4,13-15H2,1-2H3. The summed E-state index contributed by atoms with van der Waals surface area (Å²) in [5.74, 6) is 1.43. The predicted molar refractivity (Wildman–Crippen MR) is 101 cm³/mol. The molecule has 0 spiro atoms. The first-order valence-corrected chi connectivity index (χ1v) is 9.97. The van der Waals surface area contributed by atoms with Crippen LogP contribution in [0.4, 0.5) is 0 Å². The molecule has 0 aromatic heterocycles. The van der Waals surface area contributed by atoms with E-state index in [0.29, 0.717) is 28.6 Å². The molecule has 6 heteroatoms. The van der Waals surface area contributed by atoms with Crippen molar-refractivity contribution in [2.75, 3.05) is 25.6 Å². The van der Waals surface area contributed by atoms with Gasteiger partial charge in [0.2, 0.25) is 0 Å². The fourth-order valence-corrected chi connectivity index (χ4v) is 3.15. The molecule has 0 bridgehead atoms. The van der Waals surface area contributed by atoms with Crippen molar-refractivity contribution in [2.45, 2.75) is 25.2 Å². The first-order chi connectivity index (χ1) is 12.7. The van der Waals surface area contributed by atoms with Gasteiger partial charge in [-0.3, -0.25) is 4.21 Å². The molecular formula is C20H24O5S. The van der Waals surface area contributed by atoms with Crippen LogP contribution in [0.5, 0.6) is 11.5 Å². The van der Waals surface area contributed by atoms with Gasteiger partial charge in [-0.2, -0.15) is 0 Å². The lowest BCUT2D eigenvalue weighted by atomic mass is 10.2. The molecule has 1 unspecified atom stereocenters. The normalized spacial score (nSPS) is 11.6. The van der Waals surface area contributed by atoms with Crippen LogP contribution in [-0.2, 0) is 15.5 Å².